The quantitative estimate of drug-likeness (QED) is 0.855. The molecular formula is C15H17N5O3. The van der Waals surface area contributed by atoms with Crippen molar-refractivity contribution < 1.29 is 14.3 Å². The molecule has 0 bridgehead atoms. The zero-order chi connectivity index (χ0) is 16.4. The van der Waals surface area contributed by atoms with E-state index in [1.165, 1.54) is 7.11 Å². The number of hydrogen-bond donors (Lipinski definition) is 1. The lowest BCUT2D eigenvalue weighted by molar-refractivity contribution is -0.136. The van der Waals surface area contributed by atoms with E-state index in [4.69, 9.17) is 9.47 Å². The Balaban J connectivity index is 2.13. The van der Waals surface area contributed by atoms with E-state index in [-0.39, 0.29) is 0 Å². The molecule has 0 saturated carbocycles. The van der Waals surface area contributed by atoms with Crippen molar-refractivity contribution in [1.82, 2.24) is 20.2 Å². The van der Waals surface area contributed by atoms with Gasteiger partial charge in [-0.3, -0.25) is 0 Å². The zero-order valence-electron chi connectivity index (χ0n) is 13.1. The topological polar surface area (TPSA) is 91.2 Å². The number of benzene rings is 1. The zero-order valence-corrected chi connectivity index (χ0v) is 13.1. The second kappa shape index (κ2) is 6.07. The molecule has 0 saturated heterocycles. The van der Waals surface area contributed by atoms with E-state index < -0.39 is 12.0 Å². The van der Waals surface area contributed by atoms with Crippen LogP contribution in [0.3, 0.4) is 0 Å². The number of tetrazole rings is 1. The molecule has 8 nitrogen and oxygen atoms in total. The van der Waals surface area contributed by atoms with Crippen LogP contribution in [0.25, 0.3) is 0 Å². The number of fused-ring (bicyclic) bond motifs is 1. The second-order valence-corrected chi connectivity index (χ2v) is 5.01. The van der Waals surface area contributed by atoms with Gasteiger partial charge in [0.15, 0.2) is 0 Å². The summed E-state index contributed by atoms with van der Waals surface area (Å²) in [7, 11) is 1.35. The number of allylic oxidation sites excluding steroid dienone is 1. The van der Waals surface area contributed by atoms with E-state index >= 15 is 0 Å². The predicted molar refractivity (Wildman–Crippen MR) is 81.9 cm³/mol. The third kappa shape index (κ3) is 2.63. The molecule has 0 radical (unpaired) electrons. The molecule has 3 rings (SSSR count). The molecule has 0 amide bonds. The van der Waals surface area contributed by atoms with Crippen LogP contribution in [0.15, 0.2) is 35.5 Å². The molecule has 2 aromatic rings. The number of nitrogens with zero attached hydrogens (tertiary/aromatic N) is 4. The van der Waals surface area contributed by atoms with Crippen LogP contribution < -0.4 is 10.1 Å². The van der Waals surface area contributed by atoms with Gasteiger partial charge in [0.05, 0.1) is 19.3 Å². The summed E-state index contributed by atoms with van der Waals surface area (Å²) in [5, 5.41) is 14.6. The minimum Gasteiger partial charge on any atom is -0.494 e. The number of hydrogen-bond acceptors (Lipinski definition) is 7. The summed E-state index contributed by atoms with van der Waals surface area (Å²) in [4.78, 5) is 12.3. The van der Waals surface area contributed by atoms with Gasteiger partial charge < -0.3 is 14.8 Å². The Hall–Kier alpha value is -2.90. The van der Waals surface area contributed by atoms with Gasteiger partial charge in [0, 0.05) is 5.70 Å². The van der Waals surface area contributed by atoms with Crippen LogP contribution in [0.2, 0.25) is 0 Å². The lowest BCUT2D eigenvalue weighted by atomic mass is 9.95. The van der Waals surface area contributed by atoms with Crippen LogP contribution in [0.5, 0.6) is 5.75 Å². The van der Waals surface area contributed by atoms with Crippen LogP contribution in [0, 0.1) is 0 Å². The number of anilines is 1. The molecule has 23 heavy (non-hydrogen) atoms. The van der Waals surface area contributed by atoms with Gasteiger partial charge in [-0.15, -0.1) is 0 Å². The molecule has 0 fully saturated rings. The smallest absolute Gasteiger partial charge is 0.338 e. The number of rotatable bonds is 4. The van der Waals surface area contributed by atoms with Gasteiger partial charge in [-0.05, 0) is 42.0 Å². The largest absolute Gasteiger partial charge is 0.494 e. The van der Waals surface area contributed by atoms with E-state index in [1.54, 1.807) is 11.6 Å². The van der Waals surface area contributed by atoms with Crippen molar-refractivity contribution in [2.75, 3.05) is 19.0 Å². The summed E-state index contributed by atoms with van der Waals surface area (Å²) < 4.78 is 12.0. The van der Waals surface area contributed by atoms with Gasteiger partial charge in [0.2, 0.25) is 5.95 Å². The fraction of sp³-hybridized carbons (Fsp3) is 0.333. The molecule has 1 aromatic carbocycles. The van der Waals surface area contributed by atoms with E-state index in [2.05, 4.69) is 20.8 Å². The van der Waals surface area contributed by atoms with Gasteiger partial charge >= 0.3 is 5.97 Å². The van der Waals surface area contributed by atoms with Crippen molar-refractivity contribution >= 4 is 11.9 Å². The minimum atomic E-state index is -0.478. The van der Waals surface area contributed by atoms with Crippen molar-refractivity contribution in [1.29, 1.82) is 0 Å². The molecule has 1 aliphatic heterocycles. The van der Waals surface area contributed by atoms with Crippen LogP contribution in [0.1, 0.15) is 25.5 Å². The van der Waals surface area contributed by atoms with Crippen molar-refractivity contribution in [2.45, 2.75) is 19.9 Å². The van der Waals surface area contributed by atoms with Crippen LogP contribution in [-0.2, 0) is 9.53 Å². The Morgan fingerprint density at radius 2 is 2.26 bits per heavy atom. The van der Waals surface area contributed by atoms with E-state index in [9.17, 15) is 4.79 Å². The van der Waals surface area contributed by atoms with E-state index in [0.29, 0.717) is 23.8 Å². The maximum Gasteiger partial charge on any atom is 0.338 e. The summed E-state index contributed by atoms with van der Waals surface area (Å²) >= 11 is 0. The molecule has 1 aliphatic rings. The fourth-order valence-corrected chi connectivity index (χ4v) is 2.64. The van der Waals surface area contributed by atoms with Crippen molar-refractivity contribution in [3.05, 3.63) is 41.1 Å². The third-order valence-corrected chi connectivity index (χ3v) is 3.60. The minimum absolute atomic E-state index is 0.428. The second-order valence-electron chi connectivity index (χ2n) is 5.01. The first-order valence-electron chi connectivity index (χ1n) is 7.22. The molecule has 0 aliphatic carbocycles. The molecule has 2 heterocycles. The Labute approximate surface area is 133 Å². The van der Waals surface area contributed by atoms with Crippen LogP contribution >= 0.6 is 0 Å². The lowest BCUT2D eigenvalue weighted by Crippen LogP contribution is -2.29. The maximum atomic E-state index is 12.3. The van der Waals surface area contributed by atoms with Gasteiger partial charge in [-0.2, -0.15) is 4.68 Å². The summed E-state index contributed by atoms with van der Waals surface area (Å²) in [6.07, 6.45) is 0. The highest BCUT2D eigenvalue weighted by Crippen LogP contribution is 2.35. The van der Waals surface area contributed by atoms with Gasteiger partial charge in [-0.1, -0.05) is 17.2 Å². The molecule has 1 atom stereocenters. The molecule has 8 heteroatoms. The summed E-state index contributed by atoms with van der Waals surface area (Å²) in [5.74, 6) is 0.768. The first-order chi connectivity index (χ1) is 11.2. The highest BCUT2D eigenvalue weighted by molar-refractivity contribution is 5.92. The van der Waals surface area contributed by atoms with E-state index in [0.717, 1.165) is 11.3 Å². The van der Waals surface area contributed by atoms with Crippen molar-refractivity contribution in [3.8, 4) is 5.75 Å². The van der Waals surface area contributed by atoms with Crippen molar-refractivity contribution in [3.63, 3.8) is 0 Å². The standard InChI is InChI=1S/C15H17N5O3/c1-4-23-11-7-5-6-10(8-11)13-12(14(21)22-3)9(2)16-15-17-18-19-20(13)15/h5-8,13H,4H2,1-3H3,(H,16,17,19)/t13-/m1/s1. The van der Waals surface area contributed by atoms with E-state index in [1.807, 2.05) is 31.2 Å². The van der Waals surface area contributed by atoms with Gasteiger partial charge in [-0.25, -0.2) is 4.79 Å². The Morgan fingerprint density at radius 1 is 1.43 bits per heavy atom. The van der Waals surface area contributed by atoms with Crippen LogP contribution in [0.4, 0.5) is 5.95 Å². The first kappa shape index (κ1) is 15.0. The number of carbonyl (C=O) groups is 1. The molecule has 120 valence electrons. The molecular weight excluding hydrogens is 298 g/mol. The third-order valence-electron chi connectivity index (χ3n) is 3.60. The molecule has 1 aromatic heterocycles. The maximum absolute atomic E-state index is 12.3. The summed E-state index contributed by atoms with van der Waals surface area (Å²) in [6, 6.07) is 7.04. The average Bonchev–Trinajstić information content (AvgIpc) is 3.01. The highest BCUT2D eigenvalue weighted by atomic mass is 16.5. The lowest BCUT2D eigenvalue weighted by Gasteiger charge is -2.27. The number of aromatic nitrogens is 4. The Bertz CT molecular complexity index is 768. The highest BCUT2D eigenvalue weighted by Gasteiger charge is 2.34. The number of esters is 1. The monoisotopic (exact) mass is 315 g/mol. The van der Waals surface area contributed by atoms with Crippen LogP contribution in [-0.4, -0.2) is 39.9 Å². The fourth-order valence-electron chi connectivity index (χ4n) is 2.64. The average molecular weight is 315 g/mol. The molecule has 1 N–H and O–H groups in total. The number of methoxy groups -OCH3 is 1. The first-order valence-corrected chi connectivity index (χ1v) is 7.22. The number of ether oxygens (including phenoxy) is 2. The van der Waals surface area contributed by atoms with Gasteiger partial charge in [0.25, 0.3) is 0 Å². The predicted octanol–water partition coefficient (Wildman–Crippen LogP) is 1.53. The number of nitrogens with one attached hydrogen (secondary N) is 1. The Morgan fingerprint density at radius 3 is 3.00 bits per heavy atom. The summed E-state index contributed by atoms with van der Waals surface area (Å²) in [5.41, 5.74) is 1.96. The number of carbonyl (C=O) groups excluding carboxylic acids is 1. The normalized spacial score (nSPS) is 16.6. The Kier molecular flexibility index (Phi) is 3.96. The SMILES string of the molecule is CCOc1cccc([C@@H]2C(C(=O)OC)=C(C)Nc3nnnn32)c1. The summed E-state index contributed by atoms with van der Waals surface area (Å²) in [6.45, 7) is 4.27. The molecule has 0 spiro atoms. The molecule has 0 unspecified atom stereocenters. The van der Waals surface area contributed by atoms with Crippen molar-refractivity contribution in [2.24, 2.45) is 0 Å². The van der Waals surface area contributed by atoms with Gasteiger partial charge in [0.1, 0.15) is 11.8 Å².